The molecule has 30 heavy (non-hydrogen) atoms. The van der Waals surface area contributed by atoms with Crippen molar-refractivity contribution in [3.63, 3.8) is 0 Å². The molecule has 0 heterocycles. The normalized spacial score (nSPS) is 10.5. The number of amides is 2. The topological polar surface area (TPSA) is 86.2 Å². The first kappa shape index (κ1) is 31.1. The molecule has 0 aliphatic carbocycles. The van der Waals surface area contributed by atoms with Crippen LogP contribution in [0.2, 0.25) is 0 Å². The number of carbonyl (C=O) groups is 2. The Balaban J connectivity index is 0. The van der Waals surface area contributed by atoms with Gasteiger partial charge in [-0.3, -0.25) is 9.59 Å². The zero-order chi connectivity index (χ0) is 22.7. The number of hydrogen-bond acceptors (Lipinski definition) is 2. The first-order valence-electron chi connectivity index (χ1n) is 13.1. The van der Waals surface area contributed by atoms with Crippen LogP contribution in [-0.2, 0) is 9.59 Å². The van der Waals surface area contributed by atoms with Crippen LogP contribution in [0.25, 0.3) is 0 Å². The second kappa shape index (κ2) is 27.9. The van der Waals surface area contributed by atoms with Crippen LogP contribution >= 0.6 is 0 Å². The maximum atomic E-state index is 10.6. The van der Waals surface area contributed by atoms with Crippen LogP contribution < -0.4 is 11.5 Å². The van der Waals surface area contributed by atoms with Gasteiger partial charge in [0.05, 0.1) is 0 Å². The molecule has 0 saturated heterocycles. The van der Waals surface area contributed by atoms with E-state index < -0.39 is 0 Å². The van der Waals surface area contributed by atoms with Crippen molar-refractivity contribution in [1.29, 1.82) is 0 Å². The lowest BCUT2D eigenvalue weighted by atomic mass is 10.0. The standard InChI is InChI=1S/C18H37NO.C8H17NO/c1-2-3-4-5-6-7-8-9-10-11-12-13-14-15-16-17-18(19)20;1-2-3-4-5-6-7-8(9)10/h2-17H2,1H3,(H2,19,20);2-7H2,1H3,(H2,9,10). The Bertz CT molecular complexity index is 359. The number of primary amides is 2. The van der Waals surface area contributed by atoms with E-state index >= 15 is 0 Å². The Labute approximate surface area is 188 Å². The summed E-state index contributed by atoms with van der Waals surface area (Å²) in [4.78, 5) is 20.8. The third-order valence-electron chi connectivity index (χ3n) is 5.55. The van der Waals surface area contributed by atoms with Gasteiger partial charge in [0.2, 0.25) is 11.8 Å². The molecule has 0 atom stereocenters. The van der Waals surface area contributed by atoms with Crippen molar-refractivity contribution in [2.75, 3.05) is 0 Å². The van der Waals surface area contributed by atoms with Crippen LogP contribution in [0, 0.1) is 0 Å². The average Bonchev–Trinajstić information content (AvgIpc) is 2.71. The number of nitrogens with two attached hydrogens (primary N) is 2. The van der Waals surface area contributed by atoms with E-state index in [1.54, 1.807) is 0 Å². The minimum absolute atomic E-state index is 0.153. The Hall–Kier alpha value is -1.06. The SMILES string of the molecule is CCCCCCCC(N)=O.CCCCCCCCCCCCCCCCCC(N)=O. The van der Waals surface area contributed by atoms with E-state index in [4.69, 9.17) is 11.5 Å². The van der Waals surface area contributed by atoms with Crippen LogP contribution in [-0.4, -0.2) is 11.8 Å². The second-order valence-corrected chi connectivity index (χ2v) is 8.80. The molecule has 0 fully saturated rings. The minimum atomic E-state index is -0.170. The maximum absolute atomic E-state index is 10.6. The quantitative estimate of drug-likeness (QED) is 0.175. The lowest BCUT2D eigenvalue weighted by Gasteiger charge is -2.03. The van der Waals surface area contributed by atoms with Crippen molar-refractivity contribution in [1.82, 2.24) is 0 Å². The van der Waals surface area contributed by atoms with E-state index in [9.17, 15) is 9.59 Å². The molecule has 0 bridgehead atoms. The lowest BCUT2D eigenvalue weighted by molar-refractivity contribution is -0.119. The molecule has 0 aromatic carbocycles. The zero-order valence-corrected chi connectivity index (χ0v) is 20.5. The van der Waals surface area contributed by atoms with Crippen molar-refractivity contribution in [2.45, 2.75) is 155 Å². The molecule has 2 amide bonds. The van der Waals surface area contributed by atoms with E-state index in [0.29, 0.717) is 12.8 Å². The highest BCUT2D eigenvalue weighted by Crippen LogP contribution is 2.13. The van der Waals surface area contributed by atoms with Gasteiger partial charge in [0.1, 0.15) is 0 Å². The summed E-state index contributed by atoms with van der Waals surface area (Å²) in [5.74, 6) is -0.323. The molecule has 0 aliphatic rings. The van der Waals surface area contributed by atoms with Crippen LogP contribution in [0.1, 0.15) is 155 Å². The fourth-order valence-corrected chi connectivity index (χ4v) is 3.57. The average molecular weight is 427 g/mol. The molecule has 0 aliphatic heterocycles. The first-order valence-corrected chi connectivity index (χ1v) is 13.1. The van der Waals surface area contributed by atoms with E-state index in [1.165, 1.54) is 109 Å². The molecule has 0 aromatic heterocycles. The van der Waals surface area contributed by atoms with Gasteiger partial charge in [-0.2, -0.15) is 0 Å². The molecule has 4 heteroatoms. The summed E-state index contributed by atoms with van der Waals surface area (Å²) in [5.41, 5.74) is 10.1. The molecule has 0 radical (unpaired) electrons. The van der Waals surface area contributed by atoms with E-state index in [0.717, 1.165) is 19.3 Å². The van der Waals surface area contributed by atoms with Gasteiger partial charge in [0.15, 0.2) is 0 Å². The predicted octanol–water partition coefficient (Wildman–Crippen LogP) is 7.57. The summed E-state index contributed by atoms with van der Waals surface area (Å²) < 4.78 is 0. The highest BCUT2D eigenvalue weighted by atomic mass is 16.1. The van der Waals surface area contributed by atoms with E-state index in [-0.39, 0.29) is 11.8 Å². The molecular formula is C26H54N2O2. The van der Waals surface area contributed by atoms with Gasteiger partial charge in [-0.1, -0.05) is 129 Å². The number of carbonyl (C=O) groups excluding carboxylic acids is 2. The fourth-order valence-electron chi connectivity index (χ4n) is 3.57. The molecular weight excluding hydrogens is 372 g/mol. The highest BCUT2D eigenvalue weighted by molar-refractivity contribution is 5.73. The number of hydrogen-bond donors (Lipinski definition) is 2. The highest BCUT2D eigenvalue weighted by Gasteiger charge is 1.96. The summed E-state index contributed by atoms with van der Waals surface area (Å²) in [6, 6.07) is 0. The second-order valence-electron chi connectivity index (χ2n) is 8.80. The zero-order valence-electron chi connectivity index (χ0n) is 20.5. The van der Waals surface area contributed by atoms with Crippen molar-refractivity contribution in [3.8, 4) is 0 Å². The van der Waals surface area contributed by atoms with Crippen LogP contribution in [0.5, 0.6) is 0 Å². The minimum Gasteiger partial charge on any atom is -0.370 e. The molecule has 0 unspecified atom stereocenters. The lowest BCUT2D eigenvalue weighted by Crippen LogP contribution is -2.09. The smallest absolute Gasteiger partial charge is 0.217 e. The van der Waals surface area contributed by atoms with Crippen molar-refractivity contribution >= 4 is 11.8 Å². The van der Waals surface area contributed by atoms with E-state index in [1.807, 2.05) is 0 Å². The Kier molecular flexibility index (Phi) is 29.0. The van der Waals surface area contributed by atoms with Gasteiger partial charge in [0, 0.05) is 12.8 Å². The third kappa shape index (κ3) is 34.4. The number of rotatable bonds is 22. The molecule has 4 nitrogen and oxygen atoms in total. The summed E-state index contributed by atoms with van der Waals surface area (Å²) in [6.45, 7) is 4.45. The van der Waals surface area contributed by atoms with Gasteiger partial charge in [-0.15, -0.1) is 0 Å². The van der Waals surface area contributed by atoms with Gasteiger partial charge in [0.25, 0.3) is 0 Å². The molecule has 0 spiro atoms. The van der Waals surface area contributed by atoms with Crippen molar-refractivity contribution in [3.05, 3.63) is 0 Å². The molecule has 0 aromatic rings. The Morgan fingerprint density at radius 3 is 0.800 bits per heavy atom. The molecule has 0 saturated carbocycles. The van der Waals surface area contributed by atoms with Crippen LogP contribution in [0.15, 0.2) is 0 Å². The van der Waals surface area contributed by atoms with Crippen LogP contribution in [0.3, 0.4) is 0 Å². The molecule has 180 valence electrons. The van der Waals surface area contributed by atoms with E-state index in [2.05, 4.69) is 13.8 Å². The van der Waals surface area contributed by atoms with Gasteiger partial charge in [-0.25, -0.2) is 0 Å². The number of unbranched alkanes of at least 4 members (excludes halogenated alkanes) is 18. The Morgan fingerprint density at radius 1 is 0.400 bits per heavy atom. The summed E-state index contributed by atoms with van der Waals surface area (Å²) in [7, 11) is 0. The summed E-state index contributed by atoms with van der Waals surface area (Å²) in [6.07, 6.45) is 27.3. The van der Waals surface area contributed by atoms with Crippen molar-refractivity contribution in [2.24, 2.45) is 11.5 Å². The molecule has 0 rings (SSSR count). The fraction of sp³-hybridized carbons (Fsp3) is 0.923. The van der Waals surface area contributed by atoms with Crippen LogP contribution in [0.4, 0.5) is 0 Å². The maximum Gasteiger partial charge on any atom is 0.217 e. The first-order chi connectivity index (χ1) is 14.5. The predicted molar refractivity (Wildman–Crippen MR) is 131 cm³/mol. The Morgan fingerprint density at radius 2 is 0.600 bits per heavy atom. The molecule has 4 N–H and O–H groups in total. The monoisotopic (exact) mass is 426 g/mol. The van der Waals surface area contributed by atoms with Gasteiger partial charge >= 0.3 is 0 Å². The summed E-state index contributed by atoms with van der Waals surface area (Å²) in [5, 5.41) is 0. The third-order valence-corrected chi connectivity index (χ3v) is 5.55. The van der Waals surface area contributed by atoms with Gasteiger partial charge in [-0.05, 0) is 12.8 Å². The van der Waals surface area contributed by atoms with Crippen molar-refractivity contribution < 1.29 is 9.59 Å². The van der Waals surface area contributed by atoms with Gasteiger partial charge < -0.3 is 11.5 Å². The largest absolute Gasteiger partial charge is 0.370 e. The summed E-state index contributed by atoms with van der Waals surface area (Å²) >= 11 is 0.